The van der Waals surface area contributed by atoms with Crippen LogP contribution < -0.4 is 10.6 Å². The Kier molecular flexibility index (Phi) is 9.51. The van der Waals surface area contributed by atoms with Gasteiger partial charge in [0.1, 0.15) is 10.8 Å². The van der Waals surface area contributed by atoms with Crippen molar-refractivity contribution in [2.45, 2.75) is 32.6 Å². The summed E-state index contributed by atoms with van der Waals surface area (Å²) in [5.41, 5.74) is 0.367. The number of hydrogen-bond donors (Lipinski definition) is 2. The zero-order valence-electron chi connectivity index (χ0n) is 18.5. The predicted molar refractivity (Wildman–Crippen MR) is 123 cm³/mol. The van der Waals surface area contributed by atoms with Crippen molar-refractivity contribution in [3.8, 4) is 0 Å². The highest BCUT2D eigenvalue weighted by molar-refractivity contribution is 7.13. The number of anilines is 1. The molecule has 174 valence electrons. The van der Waals surface area contributed by atoms with Crippen molar-refractivity contribution in [2.75, 3.05) is 51.1 Å². The first-order valence-corrected chi connectivity index (χ1v) is 12.0. The Balaban J connectivity index is 1.28. The second-order valence-corrected chi connectivity index (χ2v) is 8.86. The Labute approximate surface area is 192 Å². The van der Waals surface area contributed by atoms with Crippen molar-refractivity contribution in [2.24, 2.45) is 0 Å². The van der Waals surface area contributed by atoms with Crippen molar-refractivity contribution in [1.82, 2.24) is 25.3 Å². The molecule has 2 heterocycles. The fourth-order valence-electron chi connectivity index (χ4n) is 3.55. The van der Waals surface area contributed by atoms with E-state index in [-0.39, 0.29) is 10.9 Å². The standard InChI is InChI=1S/C22H31FN6O2S/c1-2-28-12-14-29(15-13-28)11-5-10-24-19(30)8-4-9-20-26-27-22(32-20)21(31)25-18-7-3-6-17(23)16-18/h3,6-7,16H,2,4-5,8-15H2,1H3,(H,24,30)(H,25,31). The second kappa shape index (κ2) is 12.6. The summed E-state index contributed by atoms with van der Waals surface area (Å²) in [7, 11) is 0. The quantitative estimate of drug-likeness (QED) is 0.499. The number of rotatable bonds is 11. The molecule has 2 N–H and O–H groups in total. The van der Waals surface area contributed by atoms with Crippen LogP contribution in [0, 0.1) is 5.82 Å². The molecule has 1 aromatic heterocycles. The molecule has 0 saturated carbocycles. The van der Waals surface area contributed by atoms with Gasteiger partial charge in [0.15, 0.2) is 0 Å². The van der Waals surface area contributed by atoms with E-state index in [0.29, 0.717) is 36.5 Å². The third-order valence-electron chi connectivity index (χ3n) is 5.42. The first kappa shape index (κ1) is 24.2. The molecule has 32 heavy (non-hydrogen) atoms. The van der Waals surface area contributed by atoms with Crippen LogP contribution in [0.25, 0.3) is 0 Å². The average Bonchev–Trinajstić information content (AvgIpc) is 3.26. The third-order valence-corrected chi connectivity index (χ3v) is 6.41. The van der Waals surface area contributed by atoms with E-state index in [2.05, 4.69) is 37.6 Å². The molecule has 0 unspecified atom stereocenters. The van der Waals surface area contributed by atoms with Crippen LogP contribution in [0.5, 0.6) is 0 Å². The summed E-state index contributed by atoms with van der Waals surface area (Å²) in [6, 6.07) is 5.68. The van der Waals surface area contributed by atoms with E-state index in [4.69, 9.17) is 0 Å². The summed E-state index contributed by atoms with van der Waals surface area (Å²) in [6.07, 6.45) is 2.60. The van der Waals surface area contributed by atoms with Gasteiger partial charge in [0, 0.05) is 51.3 Å². The minimum Gasteiger partial charge on any atom is -0.356 e. The van der Waals surface area contributed by atoms with Crippen LogP contribution in [0.15, 0.2) is 24.3 Å². The highest BCUT2D eigenvalue weighted by Gasteiger charge is 2.15. The van der Waals surface area contributed by atoms with Gasteiger partial charge in [0.25, 0.3) is 5.91 Å². The number of amides is 2. The number of benzene rings is 1. The van der Waals surface area contributed by atoms with Gasteiger partial charge >= 0.3 is 0 Å². The highest BCUT2D eigenvalue weighted by atomic mass is 32.1. The molecule has 1 saturated heterocycles. The molecule has 1 aliphatic heterocycles. The number of carbonyl (C=O) groups excluding carboxylic acids is 2. The van der Waals surface area contributed by atoms with Gasteiger partial charge in [-0.15, -0.1) is 10.2 Å². The molecular weight excluding hydrogens is 431 g/mol. The predicted octanol–water partition coefficient (Wildman–Crippen LogP) is 2.40. The molecule has 1 aliphatic rings. The maximum atomic E-state index is 13.2. The van der Waals surface area contributed by atoms with Crippen molar-refractivity contribution >= 4 is 28.8 Å². The summed E-state index contributed by atoms with van der Waals surface area (Å²) in [5.74, 6) is -0.809. The van der Waals surface area contributed by atoms with Crippen molar-refractivity contribution < 1.29 is 14.0 Å². The van der Waals surface area contributed by atoms with Crippen LogP contribution >= 0.6 is 11.3 Å². The molecule has 0 atom stereocenters. The first-order chi connectivity index (χ1) is 15.5. The molecule has 1 fully saturated rings. The Morgan fingerprint density at radius 3 is 2.66 bits per heavy atom. The molecule has 2 amide bonds. The smallest absolute Gasteiger partial charge is 0.286 e. The number of piperazine rings is 1. The number of carbonyl (C=O) groups is 2. The molecule has 0 aliphatic carbocycles. The molecule has 1 aromatic carbocycles. The van der Waals surface area contributed by atoms with E-state index in [1.54, 1.807) is 6.07 Å². The maximum Gasteiger partial charge on any atom is 0.286 e. The lowest BCUT2D eigenvalue weighted by atomic mass is 10.2. The monoisotopic (exact) mass is 462 g/mol. The minimum absolute atomic E-state index is 0.0365. The average molecular weight is 463 g/mol. The molecule has 3 rings (SSSR count). The van der Waals surface area contributed by atoms with E-state index in [1.165, 1.54) is 29.5 Å². The maximum absolute atomic E-state index is 13.2. The fraction of sp³-hybridized carbons (Fsp3) is 0.545. The van der Waals surface area contributed by atoms with Crippen molar-refractivity contribution in [3.63, 3.8) is 0 Å². The fourth-order valence-corrected chi connectivity index (χ4v) is 4.32. The molecule has 10 heteroatoms. The van der Waals surface area contributed by atoms with E-state index >= 15 is 0 Å². The molecule has 2 aromatic rings. The summed E-state index contributed by atoms with van der Waals surface area (Å²) in [5, 5.41) is 14.4. The van der Waals surface area contributed by atoms with Crippen LogP contribution in [-0.2, 0) is 11.2 Å². The van der Waals surface area contributed by atoms with Crippen molar-refractivity contribution in [3.05, 3.63) is 40.1 Å². The van der Waals surface area contributed by atoms with Gasteiger partial charge in [0.2, 0.25) is 10.9 Å². The van der Waals surface area contributed by atoms with Crippen LogP contribution in [0.4, 0.5) is 10.1 Å². The van der Waals surface area contributed by atoms with Crippen molar-refractivity contribution in [1.29, 1.82) is 0 Å². The first-order valence-electron chi connectivity index (χ1n) is 11.1. The summed E-state index contributed by atoms with van der Waals surface area (Å²) >= 11 is 1.19. The summed E-state index contributed by atoms with van der Waals surface area (Å²) in [4.78, 5) is 29.2. The number of aryl methyl sites for hydroxylation is 1. The number of aromatic nitrogens is 2. The summed E-state index contributed by atoms with van der Waals surface area (Å²) < 4.78 is 13.2. The zero-order valence-corrected chi connectivity index (χ0v) is 19.3. The van der Waals surface area contributed by atoms with Gasteiger partial charge in [-0.05, 0) is 44.1 Å². The highest BCUT2D eigenvalue weighted by Crippen LogP contribution is 2.16. The third kappa shape index (κ3) is 7.92. The SMILES string of the molecule is CCN1CCN(CCCNC(=O)CCCc2nnc(C(=O)Nc3cccc(F)c3)s2)CC1. The van der Waals surface area contributed by atoms with Gasteiger partial charge in [-0.25, -0.2) is 4.39 Å². The van der Waals surface area contributed by atoms with Crippen LogP contribution in [0.3, 0.4) is 0 Å². The van der Waals surface area contributed by atoms with Gasteiger partial charge in [0.05, 0.1) is 0 Å². The van der Waals surface area contributed by atoms with Gasteiger partial charge in [-0.2, -0.15) is 0 Å². The molecule has 0 spiro atoms. The molecule has 8 nitrogen and oxygen atoms in total. The normalized spacial score (nSPS) is 14.9. The minimum atomic E-state index is -0.423. The van der Waals surface area contributed by atoms with Crippen LogP contribution in [0.1, 0.15) is 41.0 Å². The van der Waals surface area contributed by atoms with Gasteiger partial charge in [-0.1, -0.05) is 24.3 Å². The number of nitrogens with one attached hydrogen (secondary N) is 2. The largest absolute Gasteiger partial charge is 0.356 e. The van der Waals surface area contributed by atoms with Crippen LogP contribution in [-0.4, -0.2) is 77.6 Å². The molecule has 0 bridgehead atoms. The Hall–Kier alpha value is -2.43. The molecule has 0 radical (unpaired) electrons. The topological polar surface area (TPSA) is 90.5 Å². The number of nitrogens with zero attached hydrogens (tertiary/aromatic N) is 4. The van der Waals surface area contributed by atoms with Gasteiger partial charge in [-0.3, -0.25) is 9.59 Å². The summed E-state index contributed by atoms with van der Waals surface area (Å²) in [6.45, 7) is 9.48. The van der Waals surface area contributed by atoms with E-state index < -0.39 is 11.7 Å². The number of halogens is 1. The van der Waals surface area contributed by atoms with Crippen LogP contribution in [0.2, 0.25) is 0 Å². The Morgan fingerprint density at radius 1 is 1.12 bits per heavy atom. The van der Waals surface area contributed by atoms with E-state index in [0.717, 1.165) is 45.7 Å². The lowest BCUT2D eigenvalue weighted by Gasteiger charge is -2.33. The lowest BCUT2D eigenvalue weighted by Crippen LogP contribution is -2.46. The zero-order chi connectivity index (χ0) is 22.8. The Bertz CT molecular complexity index is 885. The van der Waals surface area contributed by atoms with E-state index in [1.807, 2.05) is 0 Å². The van der Waals surface area contributed by atoms with E-state index in [9.17, 15) is 14.0 Å². The Morgan fingerprint density at radius 2 is 1.91 bits per heavy atom. The molecular formula is C22H31FN6O2S. The lowest BCUT2D eigenvalue weighted by molar-refractivity contribution is -0.121. The number of likely N-dealkylation sites (N-methyl/N-ethyl adjacent to an activating group) is 1. The number of hydrogen-bond acceptors (Lipinski definition) is 7. The van der Waals surface area contributed by atoms with Gasteiger partial charge < -0.3 is 20.4 Å². The second-order valence-electron chi connectivity index (χ2n) is 7.80.